The molecule has 2 aromatic heterocycles. The zero-order chi connectivity index (χ0) is 22.1. The SMILES string of the molecule is CC(C)CC(c1ccc(C(N)=O)nc1)n1cc2cc(-c3ccc(Cl)cc3Cl)ccc2n1. The van der Waals surface area contributed by atoms with Crippen LogP contribution in [0, 0.1) is 5.92 Å². The standard InChI is InChI=1S/C24H22Cl2N4O/c1-14(2)9-23(16-4-8-22(24(27)31)28-12-16)30-13-17-10-15(3-7-21(17)29-30)19-6-5-18(25)11-20(19)26/h3-8,10-14,23H,9H2,1-2H3,(H2,27,31). The first-order valence-electron chi connectivity index (χ1n) is 10.0. The van der Waals surface area contributed by atoms with Gasteiger partial charge in [0.25, 0.3) is 5.91 Å². The highest BCUT2D eigenvalue weighted by Crippen LogP contribution is 2.33. The van der Waals surface area contributed by atoms with Crippen LogP contribution in [-0.2, 0) is 0 Å². The Morgan fingerprint density at radius 2 is 1.90 bits per heavy atom. The van der Waals surface area contributed by atoms with E-state index in [2.05, 4.69) is 24.9 Å². The van der Waals surface area contributed by atoms with Gasteiger partial charge in [0.15, 0.2) is 0 Å². The largest absolute Gasteiger partial charge is 0.364 e. The summed E-state index contributed by atoms with van der Waals surface area (Å²) in [7, 11) is 0. The van der Waals surface area contributed by atoms with Crippen molar-refractivity contribution < 1.29 is 4.79 Å². The van der Waals surface area contributed by atoms with E-state index in [1.807, 2.05) is 41.2 Å². The molecule has 4 rings (SSSR count). The number of hydrogen-bond donors (Lipinski definition) is 1. The molecule has 1 unspecified atom stereocenters. The second kappa shape index (κ2) is 8.69. The van der Waals surface area contributed by atoms with E-state index in [1.165, 1.54) is 0 Å². The number of nitrogens with zero attached hydrogens (tertiary/aromatic N) is 3. The summed E-state index contributed by atoms with van der Waals surface area (Å²) in [6, 6.07) is 15.1. The van der Waals surface area contributed by atoms with Crippen LogP contribution in [0.15, 0.2) is 60.9 Å². The summed E-state index contributed by atoms with van der Waals surface area (Å²) in [5.41, 5.74) is 9.38. The quantitative estimate of drug-likeness (QED) is 0.381. The smallest absolute Gasteiger partial charge is 0.267 e. The van der Waals surface area contributed by atoms with Gasteiger partial charge in [-0.2, -0.15) is 5.10 Å². The topological polar surface area (TPSA) is 73.8 Å². The predicted molar refractivity (Wildman–Crippen MR) is 126 cm³/mol. The van der Waals surface area contributed by atoms with E-state index in [1.54, 1.807) is 18.3 Å². The molecule has 0 aliphatic rings. The van der Waals surface area contributed by atoms with Gasteiger partial charge >= 0.3 is 0 Å². The Morgan fingerprint density at radius 3 is 2.55 bits per heavy atom. The van der Waals surface area contributed by atoms with E-state index in [-0.39, 0.29) is 11.7 Å². The van der Waals surface area contributed by atoms with Gasteiger partial charge in [-0.15, -0.1) is 0 Å². The third kappa shape index (κ3) is 4.58. The first kappa shape index (κ1) is 21.3. The van der Waals surface area contributed by atoms with Gasteiger partial charge in [-0.3, -0.25) is 14.5 Å². The fraction of sp³-hybridized carbons (Fsp3) is 0.208. The molecule has 2 aromatic carbocycles. The Hall–Kier alpha value is -2.89. The molecule has 158 valence electrons. The van der Waals surface area contributed by atoms with Crippen LogP contribution in [0.2, 0.25) is 10.0 Å². The summed E-state index contributed by atoms with van der Waals surface area (Å²) in [5, 5.41) is 7.04. The minimum absolute atomic E-state index is 0.00982. The third-order valence-corrected chi connectivity index (χ3v) is 5.75. The number of fused-ring (bicyclic) bond motifs is 1. The highest BCUT2D eigenvalue weighted by atomic mass is 35.5. The predicted octanol–water partition coefficient (Wildman–Crippen LogP) is 6.14. The lowest BCUT2D eigenvalue weighted by atomic mass is 9.98. The van der Waals surface area contributed by atoms with Crippen LogP contribution in [0.3, 0.4) is 0 Å². The molecule has 1 amide bonds. The number of benzene rings is 2. The van der Waals surface area contributed by atoms with Gasteiger partial charge < -0.3 is 5.73 Å². The number of carbonyl (C=O) groups is 1. The molecule has 0 radical (unpaired) electrons. The number of amides is 1. The number of pyridine rings is 1. The van der Waals surface area contributed by atoms with Gasteiger partial charge in [-0.05, 0) is 53.8 Å². The fourth-order valence-corrected chi connectivity index (χ4v) is 4.20. The zero-order valence-electron chi connectivity index (χ0n) is 17.2. The molecule has 0 aliphatic carbocycles. The first-order chi connectivity index (χ1) is 14.8. The maximum absolute atomic E-state index is 11.4. The van der Waals surface area contributed by atoms with Crippen molar-refractivity contribution in [3.63, 3.8) is 0 Å². The average Bonchev–Trinajstić information content (AvgIpc) is 3.15. The van der Waals surface area contributed by atoms with Crippen LogP contribution in [0.1, 0.15) is 42.4 Å². The number of aromatic nitrogens is 3. The lowest BCUT2D eigenvalue weighted by Gasteiger charge is -2.20. The summed E-state index contributed by atoms with van der Waals surface area (Å²) < 4.78 is 1.97. The highest BCUT2D eigenvalue weighted by Gasteiger charge is 2.19. The number of hydrogen-bond acceptors (Lipinski definition) is 3. The van der Waals surface area contributed by atoms with Gasteiger partial charge in [-0.1, -0.05) is 55.2 Å². The Balaban J connectivity index is 1.74. The molecule has 5 nitrogen and oxygen atoms in total. The second-order valence-corrected chi connectivity index (χ2v) is 8.84. The van der Waals surface area contributed by atoms with Gasteiger partial charge in [0.05, 0.1) is 11.6 Å². The molecule has 0 fully saturated rings. The Morgan fingerprint density at radius 1 is 1.10 bits per heavy atom. The van der Waals surface area contributed by atoms with E-state index in [0.29, 0.717) is 16.0 Å². The summed E-state index contributed by atoms with van der Waals surface area (Å²) in [6.07, 6.45) is 4.62. The molecular formula is C24H22Cl2N4O. The van der Waals surface area contributed by atoms with Crippen molar-refractivity contribution in [1.82, 2.24) is 14.8 Å². The second-order valence-electron chi connectivity index (χ2n) is 7.99. The molecule has 0 aliphatic heterocycles. The summed E-state index contributed by atoms with van der Waals surface area (Å²) in [6.45, 7) is 4.34. The molecule has 2 N–H and O–H groups in total. The zero-order valence-corrected chi connectivity index (χ0v) is 18.7. The molecule has 31 heavy (non-hydrogen) atoms. The normalized spacial score (nSPS) is 12.4. The molecule has 0 spiro atoms. The van der Waals surface area contributed by atoms with Crippen LogP contribution in [0.25, 0.3) is 22.0 Å². The van der Waals surface area contributed by atoms with E-state index >= 15 is 0 Å². The summed E-state index contributed by atoms with van der Waals surface area (Å²) >= 11 is 12.4. The Labute approximate surface area is 190 Å². The van der Waals surface area contributed by atoms with Gasteiger partial charge in [0, 0.05) is 33.4 Å². The molecule has 4 aromatic rings. The van der Waals surface area contributed by atoms with Crippen molar-refractivity contribution in [3.05, 3.63) is 82.2 Å². The Bertz CT molecular complexity index is 1250. The molecule has 0 saturated carbocycles. The van der Waals surface area contributed by atoms with Crippen molar-refractivity contribution >= 4 is 40.0 Å². The van der Waals surface area contributed by atoms with Crippen molar-refractivity contribution in [1.29, 1.82) is 0 Å². The van der Waals surface area contributed by atoms with Crippen molar-refractivity contribution in [2.24, 2.45) is 11.7 Å². The number of halogens is 2. The number of carbonyl (C=O) groups excluding carboxylic acids is 1. The van der Waals surface area contributed by atoms with Gasteiger partial charge in [0.1, 0.15) is 5.69 Å². The number of rotatable bonds is 6. The average molecular weight is 453 g/mol. The van der Waals surface area contributed by atoms with Crippen LogP contribution in [0.4, 0.5) is 0 Å². The monoisotopic (exact) mass is 452 g/mol. The van der Waals surface area contributed by atoms with E-state index in [0.717, 1.165) is 34.0 Å². The van der Waals surface area contributed by atoms with Crippen LogP contribution in [-0.4, -0.2) is 20.7 Å². The van der Waals surface area contributed by atoms with Crippen LogP contribution in [0.5, 0.6) is 0 Å². The number of primary amides is 1. The molecule has 0 bridgehead atoms. The lowest BCUT2D eigenvalue weighted by Crippen LogP contribution is -2.16. The summed E-state index contributed by atoms with van der Waals surface area (Å²) in [4.78, 5) is 15.6. The van der Waals surface area contributed by atoms with Crippen molar-refractivity contribution in [3.8, 4) is 11.1 Å². The lowest BCUT2D eigenvalue weighted by molar-refractivity contribution is 0.0995. The third-order valence-electron chi connectivity index (χ3n) is 5.20. The maximum atomic E-state index is 11.4. The van der Waals surface area contributed by atoms with E-state index in [9.17, 15) is 4.79 Å². The van der Waals surface area contributed by atoms with Crippen LogP contribution >= 0.6 is 23.2 Å². The first-order valence-corrected chi connectivity index (χ1v) is 10.8. The van der Waals surface area contributed by atoms with Gasteiger partial charge in [-0.25, -0.2) is 0 Å². The number of nitrogens with two attached hydrogens (primary N) is 1. The van der Waals surface area contributed by atoms with Crippen molar-refractivity contribution in [2.75, 3.05) is 0 Å². The van der Waals surface area contributed by atoms with E-state index < -0.39 is 5.91 Å². The molecule has 7 heteroatoms. The minimum atomic E-state index is -0.537. The minimum Gasteiger partial charge on any atom is -0.364 e. The van der Waals surface area contributed by atoms with Crippen LogP contribution < -0.4 is 5.73 Å². The maximum Gasteiger partial charge on any atom is 0.267 e. The summed E-state index contributed by atoms with van der Waals surface area (Å²) in [5.74, 6) is -0.0956. The molecule has 1 atom stereocenters. The van der Waals surface area contributed by atoms with Gasteiger partial charge in [0.2, 0.25) is 0 Å². The van der Waals surface area contributed by atoms with E-state index in [4.69, 9.17) is 34.0 Å². The molecule has 0 saturated heterocycles. The highest BCUT2D eigenvalue weighted by molar-refractivity contribution is 6.36. The molecular weight excluding hydrogens is 431 g/mol. The Kier molecular flexibility index (Phi) is 5.99. The molecule has 2 heterocycles. The van der Waals surface area contributed by atoms with Crippen molar-refractivity contribution in [2.45, 2.75) is 26.3 Å². The fourth-order valence-electron chi connectivity index (χ4n) is 3.69.